The smallest absolute Gasteiger partial charge is 0.258 e. The second kappa shape index (κ2) is 7.72. The van der Waals surface area contributed by atoms with Gasteiger partial charge in [0.15, 0.2) is 0 Å². The van der Waals surface area contributed by atoms with Crippen molar-refractivity contribution in [1.29, 1.82) is 0 Å². The zero-order chi connectivity index (χ0) is 19.0. The molecule has 4 rings (SSSR count). The molecule has 2 aliphatic rings. The summed E-state index contributed by atoms with van der Waals surface area (Å²) in [5.41, 5.74) is 2.70. The van der Waals surface area contributed by atoms with Crippen LogP contribution in [0.3, 0.4) is 0 Å². The first-order valence-electron chi connectivity index (χ1n) is 9.89. The molecule has 1 saturated carbocycles. The lowest BCUT2D eigenvalue weighted by Gasteiger charge is -2.44. The summed E-state index contributed by atoms with van der Waals surface area (Å²) in [5.74, 6) is 0.881. The van der Waals surface area contributed by atoms with Gasteiger partial charge in [0.2, 0.25) is 0 Å². The molecule has 1 N–H and O–H groups in total. The number of aromatic nitrogens is 2. The highest BCUT2D eigenvalue weighted by Crippen LogP contribution is 2.39. The molecule has 146 valence electrons. The number of hydrogen-bond donors (Lipinski definition) is 1. The molecule has 1 aliphatic carbocycles. The van der Waals surface area contributed by atoms with Crippen LogP contribution in [0.4, 0.5) is 5.69 Å². The first-order chi connectivity index (χ1) is 13.1. The van der Waals surface area contributed by atoms with Crippen molar-refractivity contribution >= 4 is 34.6 Å². The van der Waals surface area contributed by atoms with Gasteiger partial charge in [0, 0.05) is 36.9 Å². The molecule has 1 fully saturated rings. The molecule has 2 aromatic rings. The largest absolute Gasteiger partial charge is 0.349 e. The van der Waals surface area contributed by atoms with E-state index in [2.05, 4.69) is 45.5 Å². The Bertz CT molecular complexity index is 814. The Hall–Kier alpha value is -1.73. The normalized spacial score (nSPS) is 23.3. The Labute approximate surface area is 165 Å². The van der Waals surface area contributed by atoms with Crippen LogP contribution in [0.1, 0.15) is 43.0 Å². The Morgan fingerprint density at radius 2 is 2.11 bits per heavy atom. The Morgan fingerprint density at radius 1 is 1.33 bits per heavy atom. The van der Waals surface area contributed by atoms with Crippen molar-refractivity contribution in [3.63, 3.8) is 0 Å². The van der Waals surface area contributed by atoms with Crippen molar-refractivity contribution in [1.82, 2.24) is 19.2 Å². The minimum absolute atomic E-state index is 0.106. The molecular formula is C20H29N5OS. The minimum Gasteiger partial charge on any atom is -0.349 e. The molecule has 0 unspecified atom stereocenters. The number of carbonyl (C=O) groups is 1. The van der Waals surface area contributed by atoms with Crippen LogP contribution in [-0.2, 0) is 0 Å². The molecular weight excluding hydrogens is 358 g/mol. The summed E-state index contributed by atoms with van der Waals surface area (Å²) < 4.78 is 2.34. The molecule has 2 aromatic heterocycles. The summed E-state index contributed by atoms with van der Waals surface area (Å²) in [4.78, 5) is 25.0. The van der Waals surface area contributed by atoms with E-state index in [0.717, 1.165) is 41.3 Å². The molecule has 1 aliphatic heterocycles. The fraction of sp³-hybridized carbons (Fsp3) is 0.600. The van der Waals surface area contributed by atoms with Crippen LogP contribution < -0.4 is 4.90 Å². The van der Waals surface area contributed by atoms with Crippen LogP contribution >= 0.6 is 11.9 Å². The number of H-pyrrole nitrogens is 1. The van der Waals surface area contributed by atoms with Crippen LogP contribution in [0.5, 0.6) is 0 Å². The SMILES string of the molecule is CCN1CN([C@H]2CC[C@H](CN(C)SC)CC2)c2c(cnc3[nH]ccc23)C1=O. The number of nitrogens with one attached hydrogen (secondary N) is 1. The van der Waals surface area contributed by atoms with Gasteiger partial charge in [-0.3, -0.25) is 9.10 Å². The topological polar surface area (TPSA) is 55.5 Å². The van der Waals surface area contributed by atoms with Crippen LogP contribution in [0, 0.1) is 5.92 Å². The summed E-state index contributed by atoms with van der Waals surface area (Å²) in [6.45, 7) is 4.63. The monoisotopic (exact) mass is 387 g/mol. The molecule has 6 nitrogen and oxygen atoms in total. The lowest BCUT2D eigenvalue weighted by molar-refractivity contribution is 0.0741. The zero-order valence-corrected chi connectivity index (χ0v) is 17.3. The fourth-order valence-corrected chi connectivity index (χ4v) is 4.93. The van der Waals surface area contributed by atoms with Gasteiger partial charge < -0.3 is 14.8 Å². The molecule has 0 spiro atoms. The Kier molecular flexibility index (Phi) is 5.32. The highest BCUT2D eigenvalue weighted by Gasteiger charge is 2.36. The highest BCUT2D eigenvalue weighted by atomic mass is 32.2. The summed E-state index contributed by atoms with van der Waals surface area (Å²) in [7, 11) is 2.18. The van der Waals surface area contributed by atoms with Crippen molar-refractivity contribution in [3.8, 4) is 0 Å². The molecule has 0 aromatic carbocycles. The lowest BCUT2D eigenvalue weighted by Crippen LogP contribution is -2.51. The number of pyridine rings is 1. The number of carbonyl (C=O) groups excluding carboxylic acids is 1. The maximum absolute atomic E-state index is 12.9. The maximum atomic E-state index is 12.9. The van der Waals surface area contributed by atoms with Gasteiger partial charge in [-0.15, -0.1) is 0 Å². The van der Waals surface area contributed by atoms with Crippen molar-refractivity contribution in [2.45, 2.75) is 38.6 Å². The highest BCUT2D eigenvalue weighted by molar-refractivity contribution is 7.96. The third kappa shape index (κ3) is 3.43. The molecule has 1 amide bonds. The van der Waals surface area contributed by atoms with Gasteiger partial charge in [-0.05, 0) is 57.9 Å². The first-order valence-corrected chi connectivity index (χ1v) is 11.1. The van der Waals surface area contributed by atoms with Crippen molar-refractivity contribution in [2.75, 3.05) is 38.0 Å². The van der Waals surface area contributed by atoms with Gasteiger partial charge in [0.05, 0.1) is 17.9 Å². The molecule has 0 saturated heterocycles. The Morgan fingerprint density at radius 3 is 2.81 bits per heavy atom. The molecule has 27 heavy (non-hydrogen) atoms. The Balaban J connectivity index is 1.61. The quantitative estimate of drug-likeness (QED) is 0.795. The number of aromatic amines is 1. The van der Waals surface area contributed by atoms with Crippen molar-refractivity contribution in [3.05, 3.63) is 24.0 Å². The predicted octanol–water partition coefficient (Wildman–Crippen LogP) is 3.57. The van der Waals surface area contributed by atoms with Gasteiger partial charge in [0.25, 0.3) is 5.91 Å². The number of anilines is 1. The number of amides is 1. The van der Waals surface area contributed by atoms with Gasteiger partial charge in [-0.1, -0.05) is 11.9 Å². The van der Waals surface area contributed by atoms with E-state index in [-0.39, 0.29) is 5.91 Å². The summed E-state index contributed by atoms with van der Waals surface area (Å²) >= 11 is 1.81. The van der Waals surface area contributed by atoms with E-state index in [9.17, 15) is 4.79 Å². The van der Waals surface area contributed by atoms with Crippen LogP contribution in [0.25, 0.3) is 11.0 Å². The molecule has 0 bridgehead atoms. The van der Waals surface area contributed by atoms with E-state index >= 15 is 0 Å². The van der Waals surface area contributed by atoms with E-state index < -0.39 is 0 Å². The summed E-state index contributed by atoms with van der Waals surface area (Å²) in [6.07, 6.45) is 10.7. The second-order valence-corrected chi connectivity index (χ2v) is 8.69. The summed E-state index contributed by atoms with van der Waals surface area (Å²) in [5, 5.41) is 1.07. The molecule has 0 atom stereocenters. The number of fused-ring (bicyclic) bond motifs is 3. The average Bonchev–Trinajstić information content (AvgIpc) is 3.18. The molecule has 7 heteroatoms. The van der Waals surface area contributed by atoms with E-state index in [1.165, 1.54) is 25.7 Å². The van der Waals surface area contributed by atoms with Gasteiger partial charge in [-0.25, -0.2) is 4.98 Å². The van der Waals surface area contributed by atoms with Gasteiger partial charge >= 0.3 is 0 Å². The van der Waals surface area contributed by atoms with Crippen molar-refractivity contribution in [2.24, 2.45) is 5.92 Å². The van der Waals surface area contributed by atoms with Crippen LogP contribution in [0.2, 0.25) is 0 Å². The first kappa shape index (κ1) is 18.6. The minimum atomic E-state index is 0.106. The number of rotatable bonds is 5. The fourth-order valence-electron chi connectivity index (χ4n) is 4.57. The average molecular weight is 388 g/mol. The molecule has 0 radical (unpaired) electrons. The van der Waals surface area contributed by atoms with Crippen molar-refractivity contribution < 1.29 is 4.79 Å². The summed E-state index contributed by atoms with van der Waals surface area (Å²) in [6, 6.07) is 2.55. The second-order valence-electron chi connectivity index (χ2n) is 7.70. The van der Waals surface area contributed by atoms with Crippen LogP contribution in [0.15, 0.2) is 18.5 Å². The van der Waals surface area contributed by atoms with E-state index in [1.807, 2.05) is 23.0 Å². The standard InChI is InChI=1S/C20H29N5OS/c1-4-24-13-25(15-7-5-14(6-8-15)12-23(2)27-3)18-16-9-10-21-19(16)22-11-17(18)20(24)26/h9-11,14-15H,4-8,12-13H2,1-3H3,(H,21,22)/t14-,15-. The maximum Gasteiger partial charge on any atom is 0.258 e. The number of hydrogen-bond acceptors (Lipinski definition) is 5. The van der Waals surface area contributed by atoms with Gasteiger partial charge in [0.1, 0.15) is 5.65 Å². The van der Waals surface area contributed by atoms with E-state index in [1.54, 1.807) is 6.20 Å². The molecule has 3 heterocycles. The third-order valence-electron chi connectivity index (χ3n) is 6.15. The number of nitrogens with zero attached hydrogens (tertiary/aromatic N) is 4. The zero-order valence-electron chi connectivity index (χ0n) is 16.4. The predicted molar refractivity (Wildman–Crippen MR) is 112 cm³/mol. The van der Waals surface area contributed by atoms with Gasteiger partial charge in [-0.2, -0.15) is 0 Å². The third-order valence-corrected chi connectivity index (χ3v) is 6.92. The van der Waals surface area contributed by atoms with Crippen LogP contribution in [-0.4, -0.2) is 64.2 Å². The lowest BCUT2D eigenvalue weighted by atomic mass is 9.84. The van der Waals surface area contributed by atoms with E-state index in [0.29, 0.717) is 12.7 Å². The van der Waals surface area contributed by atoms with E-state index in [4.69, 9.17) is 0 Å².